The van der Waals surface area contributed by atoms with Crippen LogP contribution in [0.4, 0.5) is 5.95 Å². The molecule has 6 heteroatoms. The molecule has 0 aromatic carbocycles. The molecule has 3 aromatic rings. The van der Waals surface area contributed by atoms with E-state index in [0.717, 1.165) is 33.1 Å². The van der Waals surface area contributed by atoms with Gasteiger partial charge in [0, 0.05) is 40.1 Å². The molecule has 1 unspecified atom stereocenters. The van der Waals surface area contributed by atoms with Crippen LogP contribution in [-0.4, -0.2) is 25.6 Å². The summed E-state index contributed by atoms with van der Waals surface area (Å²) in [6.07, 6.45) is 13.1. The Labute approximate surface area is 186 Å². The number of nitrogens with zero attached hydrogens (tertiary/aromatic N) is 4. The quantitative estimate of drug-likeness (QED) is 0.476. The molecule has 30 heavy (non-hydrogen) atoms. The highest BCUT2D eigenvalue weighted by atomic mass is 79.9. The van der Waals surface area contributed by atoms with Gasteiger partial charge >= 0.3 is 0 Å². The first-order chi connectivity index (χ1) is 14.2. The molecule has 3 aromatic heterocycles. The van der Waals surface area contributed by atoms with Crippen molar-refractivity contribution in [3.8, 4) is 11.3 Å². The van der Waals surface area contributed by atoms with E-state index in [0.29, 0.717) is 12.0 Å². The van der Waals surface area contributed by atoms with Gasteiger partial charge in [-0.3, -0.25) is 4.98 Å². The molecular weight excluding hydrogens is 438 g/mol. The Hall–Kier alpha value is -2.47. The van der Waals surface area contributed by atoms with E-state index >= 15 is 0 Å². The van der Waals surface area contributed by atoms with Crippen LogP contribution >= 0.6 is 15.9 Å². The number of anilines is 1. The Morgan fingerprint density at radius 2 is 2.00 bits per heavy atom. The van der Waals surface area contributed by atoms with Crippen molar-refractivity contribution >= 4 is 32.8 Å². The first-order valence-electron chi connectivity index (χ1n) is 10.4. The highest BCUT2D eigenvalue weighted by molar-refractivity contribution is 9.11. The highest BCUT2D eigenvalue weighted by Crippen LogP contribution is 2.35. The van der Waals surface area contributed by atoms with Gasteiger partial charge in [0.1, 0.15) is 0 Å². The highest BCUT2D eigenvalue weighted by Gasteiger charge is 2.24. The van der Waals surface area contributed by atoms with Crippen molar-refractivity contribution in [2.24, 2.45) is 5.41 Å². The Bertz CT molecular complexity index is 1130. The largest absolute Gasteiger partial charge is 0.348 e. The van der Waals surface area contributed by atoms with Gasteiger partial charge in [-0.05, 0) is 50.0 Å². The molecular formula is C24H28BrN5. The molecule has 1 atom stereocenters. The van der Waals surface area contributed by atoms with Crippen molar-refractivity contribution < 1.29 is 0 Å². The van der Waals surface area contributed by atoms with E-state index in [4.69, 9.17) is 4.98 Å². The standard InChI is InChI=1S/C24H28BrN5/c1-15(2)30-14-20(19-6-8-26-13-22(19)30)21-7-9-27-23(29-21)28-18-11-16(24(3,4)5)10-17(25)12-18/h6-10,12-15,18H,11H2,1-5H3,(H,27,28,29). The molecule has 0 spiro atoms. The van der Waals surface area contributed by atoms with E-state index in [-0.39, 0.29) is 11.5 Å². The van der Waals surface area contributed by atoms with Crippen LogP contribution in [0.1, 0.15) is 47.1 Å². The molecule has 1 N–H and O–H groups in total. The van der Waals surface area contributed by atoms with Crippen molar-refractivity contribution in [2.75, 3.05) is 5.32 Å². The van der Waals surface area contributed by atoms with Crippen LogP contribution in [0.25, 0.3) is 22.2 Å². The number of halogens is 1. The van der Waals surface area contributed by atoms with Gasteiger partial charge in [-0.2, -0.15) is 0 Å². The molecule has 0 bridgehead atoms. The second kappa shape index (κ2) is 7.99. The summed E-state index contributed by atoms with van der Waals surface area (Å²) in [5.74, 6) is 0.642. The molecule has 4 rings (SSSR count). The average molecular weight is 466 g/mol. The van der Waals surface area contributed by atoms with E-state index in [1.165, 1.54) is 5.57 Å². The Kier molecular flexibility index (Phi) is 5.53. The maximum Gasteiger partial charge on any atom is 0.223 e. The van der Waals surface area contributed by atoms with E-state index in [1.807, 2.05) is 24.7 Å². The summed E-state index contributed by atoms with van der Waals surface area (Å²) in [4.78, 5) is 13.6. The number of hydrogen-bond donors (Lipinski definition) is 1. The minimum atomic E-state index is 0.128. The van der Waals surface area contributed by atoms with Gasteiger partial charge in [0.25, 0.3) is 0 Å². The van der Waals surface area contributed by atoms with Crippen molar-refractivity contribution in [3.05, 3.63) is 59.1 Å². The first-order valence-corrected chi connectivity index (χ1v) is 11.1. The number of nitrogens with one attached hydrogen (secondary N) is 1. The van der Waals surface area contributed by atoms with Gasteiger partial charge in [0.15, 0.2) is 0 Å². The van der Waals surface area contributed by atoms with E-state index in [9.17, 15) is 0 Å². The normalized spacial score (nSPS) is 17.2. The SMILES string of the molecule is CC(C)n1cc(-c2ccnc(NC3C=C(Br)C=C(C(C)(C)C)C3)n2)c2ccncc21. The summed E-state index contributed by atoms with van der Waals surface area (Å²) in [5.41, 5.74) is 4.66. The Morgan fingerprint density at radius 1 is 1.20 bits per heavy atom. The molecule has 0 fully saturated rings. The number of allylic oxidation sites excluding steroid dienone is 2. The van der Waals surface area contributed by atoms with Crippen LogP contribution in [0.5, 0.6) is 0 Å². The predicted molar refractivity (Wildman–Crippen MR) is 128 cm³/mol. The zero-order valence-electron chi connectivity index (χ0n) is 18.1. The minimum absolute atomic E-state index is 0.128. The summed E-state index contributed by atoms with van der Waals surface area (Å²) in [5, 5.41) is 4.67. The molecule has 0 saturated heterocycles. The lowest BCUT2D eigenvalue weighted by Crippen LogP contribution is -2.25. The van der Waals surface area contributed by atoms with E-state index in [1.54, 1.807) is 0 Å². The third kappa shape index (κ3) is 4.19. The Morgan fingerprint density at radius 3 is 2.73 bits per heavy atom. The summed E-state index contributed by atoms with van der Waals surface area (Å²) < 4.78 is 3.34. The van der Waals surface area contributed by atoms with Gasteiger partial charge < -0.3 is 9.88 Å². The fraction of sp³-hybridized carbons (Fsp3) is 0.375. The van der Waals surface area contributed by atoms with Gasteiger partial charge in [-0.15, -0.1) is 0 Å². The van der Waals surface area contributed by atoms with E-state index in [2.05, 4.69) is 94.8 Å². The lowest BCUT2D eigenvalue weighted by Gasteiger charge is -2.29. The van der Waals surface area contributed by atoms with Crippen LogP contribution in [-0.2, 0) is 0 Å². The number of pyridine rings is 1. The molecule has 0 saturated carbocycles. The van der Waals surface area contributed by atoms with Gasteiger partial charge in [-0.1, -0.05) is 42.3 Å². The van der Waals surface area contributed by atoms with Crippen LogP contribution in [0.2, 0.25) is 0 Å². The summed E-state index contributed by atoms with van der Waals surface area (Å²) in [7, 11) is 0. The molecule has 156 valence electrons. The lowest BCUT2D eigenvalue weighted by molar-refractivity contribution is 0.475. The Balaban J connectivity index is 1.65. The topological polar surface area (TPSA) is 55.6 Å². The van der Waals surface area contributed by atoms with Gasteiger partial charge in [0.05, 0.1) is 23.4 Å². The van der Waals surface area contributed by atoms with Crippen LogP contribution < -0.4 is 5.32 Å². The molecule has 1 aliphatic carbocycles. The third-order valence-electron chi connectivity index (χ3n) is 5.51. The zero-order chi connectivity index (χ0) is 21.5. The first kappa shape index (κ1) is 20.8. The van der Waals surface area contributed by atoms with Crippen molar-refractivity contribution in [1.29, 1.82) is 0 Å². The maximum absolute atomic E-state index is 4.85. The number of hydrogen-bond acceptors (Lipinski definition) is 4. The number of rotatable bonds is 4. The molecule has 3 heterocycles. The second-order valence-corrected chi connectivity index (χ2v) is 10.0. The van der Waals surface area contributed by atoms with Crippen molar-refractivity contribution in [1.82, 2.24) is 19.5 Å². The number of fused-ring (bicyclic) bond motifs is 1. The van der Waals surface area contributed by atoms with Crippen LogP contribution in [0.15, 0.2) is 59.1 Å². The smallest absolute Gasteiger partial charge is 0.223 e. The third-order valence-corrected chi connectivity index (χ3v) is 6.01. The summed E-state index contributed by atoms with van der Waals surface area (Å²) in [6.45, 7) is 11.1. The molecule has 0 amide bonds. The fourth-order valence-electron chi connectivity index (χ4n) is 3.85. The fourth-order valence-corrected chi connectivity index (χ4v) is 4.45. The molecule has 1 aliphatic rings. The van der Waals surface area contributed by atoms with Crippen molar-refractivity contribution in [2.45, 2.75) is 53.1 Å². The maximum atomic E-state index is 4.85. The van der Waals surface area contributed by atoms with Crippen LogP contribution in [0, 0.1) is 5.41 Å². The monoisotopic (exact) mass is 465 g/mol. The molecule has 0 radical (unpaired) electrons. The lowest BCUT2D eigenvalue weighted by atomic mass is 9.80. The van der Waals surface area contributed by atoms with Crippen LogP contribution in [0.3, 0.4) is 0 Å². The molecule has 0 aliphatic heterocycles. The molecule has 5 nitrogen and oxygen atoms in total. The predicted octanol–water partition coefficient (Wildman–Crippen LogP) is 6.51. The zero-order valence-corrected chi connectivity index (χ0v) is 19.7. The average Bonchev–Trinajstić information content (AvgIpc) is 3.07. The van der Waals surface area contributed by atoms with Gasteiger partial charge in [0.2, 0.25) is 5.95 Å². The summed E-state index contributed by atoms with van der Waals surface area (Å²) in [6, 6.07) is 4.52. The minimum Gasteiger partial charge on any atom is -0.348 e. The number of aromatic nitrogens is 4. The van der Waals surface area contributed by atoms with E-state index < -0.39 is 0 Å². The van der Waals surface area contributed by atoms with Gasteiger partial charge in [-0.25, -0.2) is 9.97 Å². The van der Waals surface area contributed by atoms with Crippen molar-refractivity contribution in [3.63, 3.8) is 0 Å². The second-order valence-electron chi connectivity index (χ2n) is 9.13. The summed E-state index contributed by atoms with van der Waals surface area (Å²) >= 11 is 3.66.